The molecular weight excluding hydrogens is 324 g/mol. The van der Waals surface area contributed by atoms with Crippen molar-refractivity contribution in [2.24, 2.45) is 0 Å². The lowest BCUT2D eigenvalue weighted by atomic mass is 9.88. The third-order valence-corrected chi connectivity index (χ3v) is 5.58. The SMILES string of the molecule is CCC1(CC)CN(c2ccc(Cl)c(Br)c2)C(C)CN1. The van der Waals surface area contributed by atoms with Gasteiger partial charge < -0.3 is 10.2 Å². The van der Waals surface area contributed by atoms with Gasteiger partial charge in [0.2, 0.25) is 0 Å². The van der Waals surface area contributed by atoms with Crippen LogP contribution in [0, 0.1) is 0 Å². The number of nitrogens with zero attached hydrogens (tertiary/aromatic N) is 1. The van der Waals surface area contributed by atoms with Crippen molar-refractivity contribution in [3.63, 3.8) is 0 Å². The van der Waals surface area contributed by atoms with E-state index in [0.717, 1.165) is 35.4 Å². The van der Waals surface area contributed by atoms with Crippen molar-refractivity contribution < 1.29 is 0 Å². The minimum Gasteiger partial charge on any atom is -0.366 e. The molecule has 19 heavy (non-hydrogen) atoms. The maximum absolute atomic E-state index is 6.09. The van der Waals surface area contributed by atoms with Gasteiger partial charge in [-0.25, -0.2) is 0 Å². The van der Waals surface area contributed by atoms with Crippen LogP contribution in [-0.2, 0) is 0 Å². The van der Waals surface area contributed by atoms with Crippen LogP contribution < -0.4 is 10.2 Å². The average Bonchev–Trinajstić information content (AvgIpc) is 2.43. The Bertz CT molecular complexity index is 446. The van der Waals surface area contributed by atoms with Crippen molar-refractivity contribution in [1.29, 1.82) is 0 Å². The topological polar surface area (TPSA) is 15.3 Å². The van der Waals surface area contributed by atoms with Crippen LogP contribution >= 0.6 is 27.5 Å². The van der Waals surface area contributed by atoms with Gasteiger partial charge in [0.1, 0.15) is 0 Å². The van der Waals surface area contributed by atoms with E-state index in [4.69, 9.17) is 11.6 Å². The molecule has 1 aromatic carbocycles. The fraction of sp³-hybridized carbons (Fsp3) is 0.600. The van der Waals surface area contributed by atoms with Gasteiger partial charge in [0.05, 0.1) is 5.02 Å². The Morgan fingerprint density at radius 3 is 2.68 bits per heavy atom. The highest BCUT2D eigenvalue weighted by Crippen LogP contribution is 2.32. The van der Waals surface area contributed by atoms with E-state index >= 15 is 0 Å². The lowest BCUT2D eigenvalue weighted by Gasteiger charge is -2.47. The zero-order chi connectivity index (χ0) is 14.0. The summed E-state index contributed by atoms with van der Waals surface area (Å²) >= 11 is 9.61. The van der Waals surface area contributed by atoms with Gasteiger partial charge in [-0.1, -0.05) is 25.4 Å². The molecule has 1 atom stereocenters. The Kier molecular flexibility index (Phi) is 4.80. The van der Waals surface area contributed by atoms with E-state index in [-0.39, 0.29) is 5.54 Å². The van der Waals surface area contributed by atoms with Crippen LogP contribution in [0.15, 0.2) is 22.7 Å². The maximum Gasteiger partial charge on any atom is 0.0549 e. The molecule has 0 radical (unpaired) electrons. The first-order valence-corrected chi connectivity index (χ1v) is 8.15. The second-order valence-electron chi connectivity index (χ2n) is 5.44. The molecule has 0 spiro atoms. The predicted octanol–water partition coefficient (Wildman–Crippen LogP) is 4.46. The first-order valence-electron chi connectivity index (χ1n) is 6.98. The molecule has 0 aromatic heterocycles. The Labute approximate surface area is 129 Å². The number of halogens is 2. The van der Waals surface area contributed by atoms with Crippen LogP contribution in [0.2, 0.25) is 5.02 Å². The summed E-state index contributed by atoms with van der Waals surface area (Å²) in [5.74, 6) is 0. The number of anilines is 1. The van der Waals surface area contributed by atoms with Gasteiger partial charge in [0, 0.05) is 34.8 Å². The van der Waals surface area contributed by atoms with Crippen LogP contribution in [-0.4, -0.2) is 24.7 Å². The fourth-order valence-corrected chi connectivity index (χ4v) is 3.23. The fourth-order valence-electron chi connectivity index (χ4n) is 2.75. The molecule has 1 saturated heterocycles. The molecule has 4 heteroatoms. The summed E-state index contributed by atoms with van der Waals surface area (Å²) in [5, 5.41) is 4.50. The number of nitrogens with one attached hydrogen (secondary N) is 1. The largest absolute Gasteiger partial charge is 0.366 e. The Hall–Kier alpha value is -0.250. The summed E-state index contributed by atoms with van der Waals surface area (Å²) < 4.78 is 0.969. The Balaban J connectivity index is 2.28. The highest BCUT2D eigenvalue weighted by atomic mass is 79.9. The molecule has 106 valence electrons. The number of benzene rings is 1. The standard InChI is InChI=1S/C15H22BrClN2/c1-4-15(5-2)10-19(11(3)9-18-15)12-6-7-14(17)13(16)8-12/h6-8,11,18H,4-5,9-10H2,1-3H3. The Morgan fingerprint density at radius 1 is 1.42 bits per heavy atom. The summed E-state index contributed by atoms with van der Waals surface area (Å²) in [4.78, 5) is 2.49. The van der Waals surface area contributed by atoms with Crippen molar-refractivity contribution in [2.45, 2.75) is 45.2 Å². The zero-order valence-corrected chi connectivity index (χ0v) is 14.2. The van der Waals surface area contributed by atoms with E-state index in [2.05, 4.69) is 59.1 Å². The molecule has 0 aliphatic carbocycles. The molecule has 2 nitrogen and oxygen atoms in total. The second kappa shape index (κ2) is 6.02. The quantitative estimate of drug-likeness (QED) is 0.870. The van der Waals surface area contributed by atoms with Crippen LogP contribution in [0.5, 0.6) is 0 Å². The molecule has 2 rings (SSSR count). The molecule has 1 heterocycles. The third-order valence-electron chi connectivity index (χ3n) is 4.37. The van der Waals surface area contributed by atoms with Crippen LogP contribution in [0.3, 0.4) is 0 Å². The van der Waals surface area contributed by atoms with Gasteiger partial charge in [-0.3, -0.25) is 0 Å². The highest BCUT2D eigenvalue weighted by Gasteiger charge is 2.35. The summed E-state index contributed by atoms with van der Waals surface area (Å²) in [6.45, 7) is 8.88. The molecule has 1 aliphatic heterocycles. The van der Waals surface area contributed by atoms with Gasteiger partial charge in [-0.15, -0.1) is 0 Å². The van der Waals surface area contributed by atoms with Crippen molar-refractivity contribution in [1.82, 2.24) is 5.32 Å². The molecule has 1 aliphatic rings. The van der Waals surface area contributed by atoms with Crippen molar-refractivity contribution in [3.8, 4) is 0 Å². The first-order chi connectivity index (χ1) is 9.01. The van der Waals surface area contributed by atoms with Gasteiger partial charge in [-0.2, -0.15) is 0 Å². The third kappa shape index (κ3) is 3.09. The molecular formula is C15H22BrClN2. The van der Waals surface area contributed by atoms with Crippen molar-refractivity contribution in [3.05, 3.63) is 27.7 Å². The van der Waals surface area contributed by atoms with Crippen molar-refractivity contribution in [2.75, 3.05) is 18.0 Å². The van der Waals surface area contributed by atoms with E-state index < -0.39 is 0 Å². The smallest absolute Gasteiger partial charge is 0.0549 e. The molecule has 1 N–H and O–H groups in total. The molecule has 0 amide bonds. The lowest BCUT2D eigenvalue weighted by molar-refractivity contribution is 0.254. The number of rotatable bonds is 3. The van der Waals surface area contributed by atoms with Crippen LogP contribution in [0.1, 0.15) is 33.6 Å². The number of hydrogen-bond donors (Lipinski definition) is 1. The van der Waals surface area contributed by atoms with E-state index in [0.29, 0.717) is 6.04 Å². The van der Waals surface area contributed by atoms with E-state index in [1.807, 2.05) is 6.07 Å². The molecule has 1 fully saturated rings. The van der Waals surface area contributed by atoms with Gasteiger partial charge in [0.15, 0.2) is 0 Å². The first kappa shape index (κ1) is 15.1. The summed E-state index contributed by atoms with van der Waals surface area (Å²) in [7, 11) is 0. The van der Waals surface area contributed by atoms with Crippen LogP contribution in [0.25, 0.3) is 0 Å². The Morgan fingerprint density at radius 2 is 2.11 bits per heavy atom. The van der Waals surface area contributed by atoms with Gasteiger partial charge in [-0.05, 0) is 53.9 Å². The highest BCUT2D eigenvalue weighted by molar-refractivity contribution is 9.10. The second-order valence-corrected chi connectivity index (χ2v) is 6.71. The van der Waals surface area contributed by atoms with E-state index in [1.165, 1.54) is 5.69 Å². The summed E-state index contributed by atoms with van der Waals surface area (Å²) in [5.41, 5.74) is 1.48. The molecule has 1 aromatic rings. The minimum absolute atomic E-state index is 0.235. The summed E-state index contributed by atoms with van der Waals surface area (Å²) in [6, 6.07) is 6.71. The predicted molar refractivity (Wildman–Crippen MR) is 87.3 cm³/mol. The normalized spacial score (nSPS) is 22.6. The minimum atomic E-state index is 0.235. The van der Waals surface area contributed by atoms with E-state index in [9.17, 15) is 0 Å². The van der Waals surface area contributed by atoms with E-state index in [1.54, 1.807) is 0 Å². The lowest BCUT2D eigenvalue weighted by Crippen LogP contribution is -2.63. The zero-order valence-electron chi connectivity index (χ0n) is 11.8. The van der Waals surface area contributed by atoms with Gasteiger partial charge >= 0.3 is 0 Å². The maximum atomic E-state index is 6.09. The summed E-state index contributed by atoms with van der Waals surface area (Å²) in [6.07, 6.45) is 2.31. The monoisotopic (exact) mass is 344 g/mol. The van der Waals surface area contributed by atoms with Crippen molar-refractivity contribution >= 4 is 33.2 Å². The van der Waals surface area contributed by atoms with Gasteiger partial charge in [0.25, 0.3) is 0 Å². The molecule has 1 unspecified atom stereocenters. The number of hydrogen-bond acceptors (Lipinski definition) is 2. The molecule has 0 saturated carbocycles. The average molecular weight is 346 g/mol. The van der Waals surface area contributed by atoms with Crippen LogP contribution in [0.4, 0.5) is 5.69 Å². The molecule has 0 bridgehead atoms. The number of piperazine rings is 1.